The molecule has 0 amide bonds. The van der Waals surface area contributed by atoms with E-state index in [-0.39, 0.29) is 16.6 Å². The molecule has 0 N–H and O–H groups in total. The fourth-order valence-electron chi connectivity index (χ4n) is 2.02. The van der Waals surface area contributed by atoms with Gasteiger partial charge in [-0.2, -0.15) is 4.52 Å². The molecule has 2 heterocycles. The maximum atomic E-state index is 13.0. The molecule has 1 unspecified atom stereocenters. The lowest BCUT2D eigenvalue weighted by Gasteiger charge is -2.08. The van der Waals surface area contributed by atoms with Crippen molar-refractivity contribution in [1.82, 2.24) is 14.6 Å². The average Bonchev–Trinajstić information content (AvgIpc) is 2.90. The normalized spacial score (nSPS) is 12.7. The summed E-state index contributed by atoms with van der Waals surface area (Å²) in [6.45, 7) is 3.99. The molecule has 3 rings (SSSR count). The monoisotopic (exact) mass is 335 g/mol. The molecule has 0 spiro atoms. The summed E-state index contributed by atoms with van der Waals surface area (Å²) in [5, 5.41) is 4.43. The second-order valence-electron chi connectivity index (χ2n) is 4.81. The van der Waals surface area contributed by atoms with Crippen molar-refractivity contribution in [1.29, 1.82) is 0 Å². The molecule has 114 valence electrons. The predicted octanol–water partition coefficient (Wildman–Crippen LogP) is 3.71. The predicted molar refractivity (Wildman–Crippen MR) is 87.2 cm³/mol. The second kappa shape index (κ2) is 6.18. The number of aryl methyl sites for hydroxylation is 1. The highest BCUT2D eigenvalue weighted by molar-refractivity contribution is 8.01. The molecular formula is C15H14FN3OS2. The van der Waals surface area contributed by atoms with E-state index in [1.807, 2.05) is 13.8 Å². The molecule has 4 nitrogen and oxygen atoms in total. The molecule has 0 saturated carbocycles. The van der Waals surface area contributed by atoms with Crippen LogP contribution in [0, 0.1) is 5.82 Å². The minimum absolute atomic E-state index is 0.113. The summed E-state index contributed by atoms with van der Waals surface area (Å²) < 4.78 is 15.1. The van der Waals surface area contributed by atoms with Crippen molar-refractivity contribution in [2.75, 3.05) is 0 Å². The van der Waals surface area contributed by atoms with E-state index in [4.69, 9.17) is 0 Å². The van der Waals surface area contributed by atoms with Crippen LogP contribution in [0.3, 0.4) is 0 Å². The van der Waals surface area contributed by atoms with Gasteiger partial charge in [0.2, 0.25) is 4.96 Å². The van der Waals surface area contributed by atoms with Crippen LogP contribution in [0.15, 0.2) is 39.5 Å². The Hall–Kier alpha value is -1.73. The van der Waals surface area contributed by atoms with E-state index in [0.29, 0.717) is 4.96 Å². The molecule has 0 radical (unpaired) electrons. The van der Waals surface area contributed by atoms with Crippen molar-refractivity contribution in [2.45, 2.75) is 29.9 Å². The molecule has 22 heavy (non-hydrogen) atoms. The van der Waals surface area contributed by atoms with Crippen LogP contribution in [0.2, 0.25) is 0 Å². The van der Waals surface area contributed by atoms with Crippen LogP contribution in [-0.2, 0) is 6.42 Å². The van der Waals surface area contributed by atoms with Gasteiger partial charge in [-0.25, -0.2) is 9.37 Å². The SMILES string of the molecule is CCc1cc(=O)n2nc(SC(C)c3ccc(F)cc3)sc2n1. The van der Waals surface area contributed by atoms with Crippen molar-refractivity contribution in [3.8, 4) is 0 Å². The summed E-state index contributed by atoms with van der Waals surface area (Å²) in [4.78, 5) is 17.0. The molecule has 0 aliphatic carbocycles. The first-order chi connectivity index (χ1) is 10.6. The van der Waals surface area contributed by atoms with Gasteiger partial charge in [0.25, 0.3) is 5.56 Å². The van der Waals surface area contributed by atoms with Crippen LogP contribution < -0.4 is 5.56 Å². The quantitative estimate of drug-likeness (QED) is 0.682. The molecular weight excluding hydrogens is 321 g/mol. The van der Waals surface area contributed by atoms with Gasteiger partial charge >= 0.3 is 0 Å². The summed E-state index contributed by atoms with van der Waals surface area (Å²) in [6.07, 6.45) is 0.720. The van der Waals surface area contributed by atoms with Crippen LogP contribution in [0.4, 0.5) is 4.39 Å². The Morgan fingerprint density at radius 3 is 2.77 bits per heavy atom. The number of hydrogen-bond donors (Lipinski definition) is 0. The highest BCUT2D eigenvalue weighted by Crippen LogP contribution is 2.36. The van der Waals surface area contributed by atoms with Gasteiger partial charge in [0.05, 0.1) is 0 Å². The summed E-state index contributed by atoms with van der Waals surface area (Å²) in [7, 11) is 0. The number of thioether (sulfide) groups is 1. The van der Waals surface area contributed by atoms with E-state index >= 15 is 0 Å². The van der Waals surface area contributed by atoms with Crippen LogP contribution in [0.1, 0.15) is 30.4 Å². The van der Waals surface area contributed by atoms with Crippen molar-refractivity contribution in [2.24, 2.45) is 0 Å². The number of hydrogen-bond acceptors (Lipinski definition) is 5. The van der Waals surface area contributed by atoms with E-state index in [2.05, 4.69) is 10.1 Å². The fourth-order valence-corrected chi connectivity index (χ4v) is 4.25. The van der Waals surface area contributed by atoms with E-state index in [1.54, 1.807) is 12.1 Å². The van der Waals surface area contributed by atoms with Crippen LogP contribution in [0.5, 0.6) is 0 Å². The number of benzene rings is 1. The number of rotatable bonds is 4. The molecule has 0 saturated heterocycles. The fraction of sp³-hybridized carbons (Fsp3) is 0.267. The van der Waals surface area contributed by atoms with E-state index < -0.39 is 0 Å². The van der Waals surface area contributed by atoms with Gasteiger partial charge in [-0.05, 0) is 31.0 Å². The topological polar surface area (TPSA) is 47.3 Å². The second-order valence-corrected chi connectivity index (χ2v) is 7.36. The Balaban J connectivity index is 1.89. The van der Waals surface area contributed by atoms with Crippen molar-refractivity contribution < 1.29 is 4.39 Å². The van der Waals surface area contributed by atoms with Crippen LogP contribution in [0.25, 0.3) is 4.96 Å². The number of nitrogens with zero attached hydrogens (tertiary/aromatic N) is 3. The Morgan fingerprint density at radius 1 is 1.36 bits per heavy atom. The lowest BCUT2D eigenvalue weighted by Crippen LogP contribution is -2.15. The molecule has 1 aromatic carbocycles. The molecule has 2 aromatic heterocycles. The van der Waals surface area contributed by atoms with E-state index in [1.165, 1.54) is 45.8 Å². The van der Waals surface area contributed by atoms with Gasteiger partial charge < -0.3 is 0 Å². The number of fused-ring (bicyclic) bond motifs is 1. The molecule has 0 aliphatic rings. The zero-order valence-corrected chi connectivity index (χ0v) is 13.7. The lowest BCUT2D eigenvalue weighted by atomic mass is 10.2. The summed E-state index contributed by atoms with van der Waals surface area (Å²) >= 11 is 2.93. The summed E-state index contributed by atoms with van der Waals surface area (Å²) in [5.74, 6) is -0.246. The lowest BCUT2D eigenvalue weighted by molar-refractivity contribution is 0.627. The maximum Gasteiger partial charge on any atom is 0.275 e. The van der Waals surface area contributed by atoms with E-state index in [0.717, 1.165) is 22.0 Å². The van der Waals surface area contributed by atoms with Gasteiger partial charge in [-0.15, -0.1) is 5.10 Å². The van der Waals surface area contributed by atoms with Crippen molar-refractivity contribution in [3.05, 3.63) is 57.8 Å². The molecule has 0 fully saturated rings. The highest BCUT2D eigenvalue weighted by atomic mass is 32.2. The third-order valence-electron chi connectivity index (χ3n) is 3.26. The largest absolute Gasteiger partial charge is 0.275 e. The molecule has 0 bridgehead atoms. The van der Waals surface area contributed by atoms with Gasteiger partial charge in [0.15, 0.2) is 4.34 Å². The zero-order chi connectivity index (χ0) is 15.7. The average molecular weight is 335 g/mol. The van der Waals surface area contributed by atoms with Gasteiger partial charge in [0.1, 0.15) is 5.82 Å². The van der Waals surface area contributed by atoms with Gasteiger partial charge in [-0.1, -0.05) is 42.2 Å². The first-order valence-electron chi connectivity index (χ1n) is 6.88. The minimum Gasteiger partial charge on any atom is -0.267 e. The minimum atomic E-state index is -0.246. The molecule has 1 atom stereocenters. The standard InChI is InChI=1S/C15H14FN3OS2/c1-3-12-8-13(20)19-14(17-12)22-15(18-19)21-9(2)10-4-6-11(16)7-5-10/h4-9H,3H2,1-2H3. The third kappa shape index (κ3) is 3.05. The Bertz CT molecular complexity index is 857. The zero-order valence-electron chi connectivity index (χ0n) is 12.1. The Morgan fingerprint density at radius 2 is 2.09 bits per heavy atom. The first kappa shape index (κ1) is 15.2. The van der Waals surface area contributed by atoms with Gasteiger partial charge in [0, 0.05) is 17.0 Å². The summed E-state index contributed by atoms with van der Waals surface area (Å²) in [6, 6.07) is 7.94. The third-order valence-corrected chi connectivity index (χ3v) is 5.41. The number of halogens is 1. The first-order valence-corrected chi connectivity index (χ1v) is 8.58. The van der Waals surface area contributed by atoms with Crippen molar-refractivity contribution >= 4 is 28.1 Å². The smallest absolute Gasteiger partial charge is 0.267 e. The maximum absolute atomic E-state index is 13.0. The molecule has 3 aromatic rings. The van der Waals surface area contributed by atoms with Gasteiger partial charge in [-0.3, -0.25) is 4.79 Å². The summed E-state index contributed by atoms with van der Waals surface area (Å²) in [5.41, 5.74) is 1.64. The van der Waals surface area contributed by atoms with E-state index in [9.17, 15) is 9.18 Å². The Kier molecular flexibility index (Phi) is 4.26. The number of aromatic nitrogens is 3. The van der Waals surface area contributed by atoms with Crippen LogP contribution >= 0.6 is 23.1 Å². The van der Waals surface area contributed by atoms with Crippen LogP contribution in [-0.4, -0.2) is 14.6 Å². The molecule has 0 aliphatic heterocycles. The van der Waals surface area contributed by atoms with Crippen molar-refractivity contribution in [3.63, 3.8) is 0 Å². The molecule has 7 heteroatoms. The highest BCUT2D eigenvalue weighted by Gasteiger charge is 2.13. The Labute approximate surface area is 135 Å².